The van der Waals surface area contributed by atoms with Gasteiger partial charge in [-0.15, -0.1) is 11.8 Å². The predicted molar refractivity (Wildman–Crippen MR) is 56.6 cm³/mol. The van der Waals surface area contributed by atoms with E-state index in [1.165, 1.54) is 16.7 Å². The van der Waals surface area contributed by atoms with E-state index >= 15 is 0 Å². The minimum atomic E-state index is -0.897. The fraction of sp³-hybridized carbons (Fsp3) is 0.778. The Morgan fingerprint density at radius 1 is 1.47 bits per heavy atom. The average Bonchev–Trinajstić information content (AvgIpc) is 2.88. The summed E-state index contributed by atoms with van der Waals surface area (Å²) in [6.45, 7) is 0.856. The third-order valence-corrected chi connectivity index (χ3v) is 3.82. The molecule has 0 bridgehead atoms. The number of carboxylic acid groups (broad SMARTS) is 1. The molecule has 0 spiro atoms. The Labute approximate surface area is 92.2 Å². The molecule has 2 aliphatic heterocycles. The van der Waals surface area contributed by atoms with Crippen molar-refractivity contribution in [2.24, 2.45) is 0 Å². The maximum Gasteiger partial charge on any atom is 0.327 e. The molecule has 0 radical (unpaired) electrons. The van der Waals surface area contributed by atoms with Crippen molar-refractivity contribution in [1.29, 1.82) is 0 Å². The summed E-state index contributed by atoms with van der Waals surface area (Å²) < 4.78 is 0. The van der Waals surface area contributed by atoms with Gasteiger partial charge in [-0.1, -0.05) is 0 Å². The maximum absolute atomic E-state index is 11.9. The molecule has 0 aromatic heterocycles. The van der Waals surface area contributed by atoms with Crippen molar-refractivity contribution in [1.82, 2.24) is 10.2 Å². The molecule has 2 atom stereocenters. The van der Waals surface area contributed by atoms with Crippen LogP contribution in [-0.4, -0.2) is 52.1 Å². The molecule has 0 saturated carbocycles. The van der Waals surface area contributed by atoms with Gasteiger partial charge < -0.3 is 15.3 Å². The third kappa shape index (κ3) is 2.10. The van der Waals surface area contributed by atoms with E-state index in [2.05, 4.69) is 5.32 Å². The van der Waals surface area contributed by atoms with Crippen LogP contribution < -0.4 is 5.32 Å². The van der Waals surface area contributed by atoms with Crippen LogP contribution in [-0.2, 0) is 9.59 Å². The zero-order chi connectivity index (χ0) is 10.8. The van der Waals surface area contributed by atoms with Gasteiger partial charge in [0.25, 0.3) is 0 Å². The number of carboxylic acids is 1. The number of nitrogens with zero attached hydrogens (tertiary/aromatic N) is 1. The van der Waals surface area contributed by atoms with Crippen LogP contribution in [0.5, 0.6) is 0 Å². The molecule has 15 heavy (non-hydrogen) atoms. The summed E-state index contributed by atoms with van der Waals surface area (Å²) in [5, 5.41) is 12.0. The van der Waals surface area contributed by atoms with Crippen molar-refractivity contribution >= 4 is 23.6 Å². The molecule has 0 aromatic rings. The molecule has 0 aliphatic carbocycles. The van der Waals surface area contributed by atoms with Gasteiger partial charge in [0.15, 0.2) is 0 Å². The molecule has 2 rings (SSSR count). The third-order valence-electron chi connectivity index (χ3n) is 2.81. The molecule has 6 heteroatoms. The zero-order valence-corrected chi connectivity index (χ0v) is 9.13. The highest BCUT2D eigenvalue weighted by molar-refractivity contribution is 7.99. The fourth-order valence-corrected chi connectivity index (χ4v) is 3.12. The van der Waals surface area contributed by atoms with E-state index in [9.17, 15) is 9.59 Å². The van der Waals surface area contributed by atoms with Gasteiger partial charge >= 0.3 is 5.97 Å². The number of aliphatic carboxylic acids is 1. The lowest BCUT2D eigenvalue weighted by Crippen LogP contribution is -2.48. The number of rotatable bonds is 2. The number of carbonyl (C=O) groups excluding carboxylic acids is 1. The molecule has 1 unspecified atom stereocenters. The summed E-state index contributed by atoms with van der Waals surface area (Å²) in [7, 11) is 0. The summed E-state index contributed by atoms with van der Waals surface area (Å²) in [5.74, 6) is 0.0677. The summed E-state index contributed by atoms with van der Waals surface area (Å²) in [4.78, 5) is 24.3. The molecule has 5 nitrogen and oxygen atoms in total. The first-order valence-electron chi connectivity index (χ1n) is 5.04. The van der Waals surface area contributed by atoms with Crippen LogP contribution in [0.3, 0.4) is 0 Å². The van der Waals surface area contributed by atoms with Gasteiger partial charge in [-0.05, 0) is 19.4 Å². The first kappa shape index (κ1) is 10.8. The number of hydrogen-bond acceptors (Lipinski definition) is 4. The van der Waals surface area contributed by atoms with Gasteiger partial charge in [-0.2, -0.15) is 0 Å². The van der Waals surface area contributed by atoms with Gasteiger partial charge in [0, 0.05) is 5.75 Å². The highest BCUT2D eigenvalue weighted by Gasteiger charge is 2.38. The van der Waals surface area contributed by atoms with E-state index in [1.54, 1.807) is 0 Å². The Hall–Kier alpha value is -0.750. The lowest BCUT2D eigenvalue weighted by molar-refractivity contribution is -0.148. The number of thioether (sulfide) groups is 1. The van der Waals surface area contributed by atoms with Crippen molar-refractivity contribution in [3.63, 3.8) is 0 Å². The van der Waals surface area contributed by atoms with Gasteiger partial charge in [0.2, 0.25) is 5.91 Å². The van der Waals surface area contributed by atoms with E-state index in [0.717, 1.165) is 19.4 Å². The van der Waals surface area contributed by atoms with Crippen LogP contribution in [0, 0.1) is 0 Å². The van der Waals surface area contributed by atoms with E-state index in [1.807, 2.05) is 0 Å². The maximum atomic E-state index is 11.9. The second-order valence-corrected chi connectivity index (χ2v) is 4.81. The van der Waals surface area contributed by atoms with Crippen molar-refractivity contribution in [2.75, 3.05) is 18.2 Å². The largest absolute Gasteiger partial charge is 0.480 e. The fourth-order valence-electron chi connectivity index (χ4n) is 1.96. The molecular formula is C9H14N2O3S. The Balaban J connectivity index is 2.02. The van der Waals surface area contributed by atoms with Crippen molar-refractivity contribution in [3.05, 3.63) is 0 Å². The number of carbonyl (C=O) groups is 2. The van der Waals surface area contributed by atoms with Crippen LogP contribution in [0.25, 0.3) is 0 Å². The summed E-state index contributed by atoms with van der Waals surface area (Å²) in [6, 6.07) is -0.796. The van der Waals surface area contributed by atoms with Crippen molar-refractivity contribution in [2.45, 2.75) is 24.9 Å². The second kappa shape index (κ2) is 4.40. The normalized spacial score (nSPS) is 30.8. The minimum absolute atomic E-state index is 0.0510. The summed E-state index contributed by atoms with van der Waals surface area (Å²) in [6.07, 6.45) is 1.82. The van der Waals surface area contributed by atoms with Crippen LogP contribution in [0.1, 0.15) is 12.8 Å². The Morgan fingerprint density at radius 2 is 2.27 bits per heavy atom. The van der Waals surface area contributed by atoms with Gasteiger partial charge in [0.1, 0.15) is 6.04 Å². The molecule has 0 aromatic carbocycles. The lowest BCUT2D eigenvalue weighted by atomic mass is 10.2. The van der Waals surface area contributed by atoms with E-state index in [4.69, 9.17) is 5.11 Å². The van der Waals surface area contributed by atoms with E-state index in [-0.39, 0.29) is 11.9 Å². The Bertz CT molecular complexity index is 279. The molecule has 2 saturated heterocycles. The standard InChI is InChI=1S/C9H14N2O3S/c12-8(6-2-1-3-10-6)11-5-15-4-7(11)9(13)14/h6-7,10H,1-5H2,(H,13,14)/t6-,7?/m1/s1. The van der Waals surface area contributed by atoms with Gasteiger partial charge in [-0.3, -0.25) is 4.79 Å². The van der Waals surface area contributed by atoms with E-state index < -0.39 is 12.0 Å². The van der Waals surface area contributed by atoms with Gasteiger partial charge in [-0.25, -0.2) is 4.79 Å². The Morgan fingerprint density at radius 3 is 2.87 bits per heavy atom. The molecule has 1 amide bonds. The number of nitrogens with one attached hydrogen (secondary N) is 1. The number of hydrogen-bond donors (Lipinski definition) is 2. The second-order valence-electron chi connectivity index (χ2n) is 3.81. The molecule has 2 heterocycles. The van der Waals surface area contributed by atoms with Crippen LogP contribution in [0.15, 0.2) is 0 Å². The predicted octanol–water partition coefficient (Wildman–Crippen LogP) is -0.276. The Kier molecular flexibility index (Phi) is 3.16. The zero-order valence-electron chi connectivity index (χ0n) is 8.31. The quantitative estimate of drug-likeness (QED) is 0.683. The highest BCUT2D eigenvalue weighted by atomic mass is 32.2. The molecule has 2 N–H and O–H groups in total. The SMILES string of the molecule is O=C(O)C1CSCN1C(=O)[C@H]1CCCN1. The molecule has 2 aliphatic rings. The summed E-state index contributed by atoms with van der Waals surface area (Å²) >= 11 is 1.50. The van der Waals surface area contributed by atoms with Crippen LogP contribution in [0.2, 0.25) is 0 Å². The first-order chi connectivity index (χ1) is 7.20. The molecule has 2 fully saturated rings. The van der Waals surface area contributed by atoms with Crippen LogP contribution in [0.4, 0.5) is 0 Å². The smallest absolute Gasteiger partial charge is 0.327 e. The average molecular weight is 230 g/mol. The molecular weight excluding hydrogens is 216 g/mol. The summed E-state index contributed by atoms with van der Waals surface area (Å²) in [5.41, 5.74) is 0. The monoisotopic (exact) mass is 230 g/mol. The molecule has 84 valence electrons. The van der Waals surface area contributed by atoms with Crippen LogP contribution >= 0.6 is 11.8 Å². The first-order valence-corrected chi connectivity index (χ1v) is 6.20. The van der Waals surface area contributed by atoms with Crippen molar-refractivity contribution in [3.8, 4) is 0 Å². The van der Waals surface area contributed by atoms with E-state index in [0.29, 0.717) is 11.6 Å². The lowest BCUT2D eigenvalue weighted by Gasteiger charge is -2.23. The number of amides is 1. The highest BCUT2D eigenvalue weighted by Crippen LogP contribution is 2.23. The minimum Gasteiger partial charge on any atom is -0.480 e. The van der Waals surface area contributed by atoms with Crippen molar-refractivity contribution < 1.29 is 14.7 Å². The topological polar surface area (TPSA) is 69.6 Å². The van der Waals surface area contributed by atoms with Gasteiger partial charge in [0.05, 0.1) is 11.9 Å².